The summed E-state index contributed by atoms with van der Waals surface area (Å²) in [5.74, 6) is -1.62. The maximum absolute atomic E-state index is 11.5. The molecule has 0 saturated carbocycles. The van der Waals surface area contributed by atoms with Crippen molar-refractivity contribution in [2.24, 2.45) is 0 Å². The summed E-state index contributed by atoms with van der Waals surface area (Å²) in [6.07, 6.45) is 1.05. The second kappa shape index (κ2) is 9.27. The SMILES string of the molecule is CCCC(C)(NCC(=O)NC(=O)NCCOC)C(=O)O. The topological polar surface area (TPSA) is 117 Å². The second-order valence-corrected chi connectivity index (χ2v) is 4.54. The highest BCUT2D eigenvalue weighted by atomic mass is 16.5. The molecule has 0 rings (SSSR count). The van der Waals surface area contributed by atoms with Crippen LogP contribution in [0.2, 0.25) is 0 Å². The van der Waals surface area contributed by atoms with Gasteiger partial charge in [-0.3, -0.25) is 20.2 Å². The molecule has 0 aromatic heterocycles. The van der Waals surface area contributed by atoms with E-state index < -0.39 is 23.4 Å². The van der Waals surface area contributed by atoms with Crippen molar-refractivity contribution >= 4 is 17.9 Å². The van der Waals surface area contributed by atoms with E-state index >= 15 is 0 Å². The number of carboxylic acids is 1. The minimum atomic E-state index is -1.18. The summed E-state index contributed by atoms with van der Waals surface area (Å²) in [6, 6.07) is -0.638. The first-order valence-corrected chi connectivity index (χ1v) is 6.40. The number of amides is 3. The standard InChI is InChI=1S/C12H23N3O5/c1-4-5-12(2,10(17)18)14-8-9(16)15-11(19)13-6-7-20-3/h14H,4-8H2,1-3H3,(H,17,18)(H2,13,15,16,19). The van der Waals surface area contributed by atoms with E-state index in [4.69, 9.17) is 9.84 Å². The van der Waals surface area contributed by atoms with Gasteiger partial charge >= 0.3 is 12.0 Å². The summed E-state index contributed by atoms with van der Waals surface area (Å²) in [5, 5.41) is 16.3. The average molecular weight is 289 g/mol. The maximum atomic E-state index is 11.5. The second-order valence-electron chi connectivity index (χ2n) is 4.54. The zero-order chi connectivity index (χ0) is 15.6. The third-order valence-electron chi connectivity index (χ3n) is 2.71. The van der Waals surface area contributed by atoms with Gasteiger partial charge in [-0.2, -0.15) is 0 Å². The summed E-state index contributed by atoms with van der Waals surface area (Å²) in [4.78, 5) is 33.9. The number of urea groups is 1. The molecule has 4 N–H and O–H groups in total. The minimum Gasteiger partial charge on any atom is -0.480 e. The molecule has 1 atom stereocenters. The van der Waals surface area contributed by atoms with E-state index in [9.17, 15) is 14.4 Å². The summed E-state index contributed by atoms with van der Waals surface area (Å²) in [7, 11) is 1.50. The number of carbonyl (C=O) groups is 3. The molecule has 8 heteroatoms. The number of hydrogen-bond donors (Lipinski definition) is 4. The number of hydrogen-bond acceptors (Lipinski definition) is 5. The lowest BCUT2D eigenvalue weighted by atomic mass is 9.96. The molecule has 3 amide bonds. The third-order valence-corrected chi connectivity index (χ3v) is 2.71. The fraction of sp³-hybridized carbons (Fsp3) is 0.750. The van der Waals surface area contributed by atoms with Crippen molar-refractivity contribution in [2.45, 2.75) is 32.2 Å². The van der Waals surface area contributed by atoms with E-state index in [-0.39, 0.29) is 13.1 Å². The van der Waals surface area contributed by atoms with Gasteiger partial charge in [0.1, 0.15) is 5.54 Å². The summed E-state index contributed by atoms with van der Waals surface area (Å²) in [5.41, 5.74) is -1.18. The van der Waals surface area contributed by atoms with E-state index in [0.717, 1.165) is 0 Å². The molecule has 8 nitrogen and oxygen atoms in total. The Bertz CT molecular complexity index is 348. The Kier molecular flexibility index (Phi) is 8.49. The van der Waals surface area contributed by atoms with Crippen LogP contribution in [0.1, 0.15) is 26.7 Å². The van der Waals surface area contributed by atoms with Crippen molar-refractivity contribution in [2.75, 3.05) is 26.8 Å². The van der Waals surface area contributed by atoms with E-state index in [1.807, 2.05) is 6.92 Å². The average Bonchev–Trinajstić information content (AvgIpc) is 2.37. The monoisotopic (exact) mass is 289 g/mol. The molecule has 0 fully saturated rings. The lowest BCUT2D eigenvalue weighted by molar-refractivity contribution is -0.144. The van der Waals surface area contributed by atoms with Crippen LogP contribution in [-0.2, 0) is 14.3 Å². The van der Waals surface area contributed by atoms with Gasteiger partial charge in [0.2, 0.25) is 5.91 Å². The van der Waals surface area contributed by atoms with E-state index in [1.165, 1.54) is 14.0 Å². The van der Waals surface area contributed by atoms with Gasteiger partial charge in [-0.1, -0.05) is 13.3 Å². The molecule has 0 bridgehead atoms. The van der Waals surface area contributed by atoms with E-state index in [2.05, 4.69) is 16.0 Å². The van der Waals surface area contributed by atoms with Crippen molar-refractivity contribution in [3.63, 3.8) is 0 Å². The number of imide groups is 1. The van der Waals surface area contributed by atoms with Crippen molar-refractivity contribution < 1.29 is 24.2 Å². The highest BCUT2D eigenvalue weighted by Crippen LogP contribution is 2.11. The number of carbonyl (C=O) groups excluding carboxylic acids is 2. The molecule has 0 spiro atoms. The smallest absolute Gasteiger partial charge is 0.323 e. The van der Waals surface area contributed by atoms with Crippen LogP contribution in [0.5, 0.6) is 0 Å². The first-order valence-electron chi connectivity index (χ1n) is 6.40. The van der Waals surface area contributed by atoms with Gasteiger partial charge < -0.3 is 15.2 Å². The quantitative estimate of drug-likeness (QED) is 0.433. The minimum absolute atomic E-state index is 0.250. The van der Waals surface area contributed by atoms with Crippen LogP contribution in [0.25, 0.3) is 0 Å². The number of rotatable bonds is 9. The summed E-state index contributed by atoms with van der Waals surface area (Å²) >= 11 is 0. The zero-order valence-electron chi connectivity index (χ0n) is 12.1. The van der Waals surface area contributed by atoms with Gasteiger partial charge in [0.05, 0.1) is 13.2 Å². The Morgan fingerprint density at radius 1 is 1.30 bits per heavy atom. The predicted molar refractivity (Wildman–Crippen MR) is 72.4 cm³/mol. The molecule has 0 aliphatic carbocycles. The number of ether oxygens (including phenoxy) is 1. The first kappa shape index (κ1) is 18.3. The Morgan fingerprint density at radius 3 is 2.45 bits per heavy atom. The van der Waals surface area contributed by atoms with Gasteiger partial charge in [0.15, 0.2) is 0 Å². The zero-order valence-corrected chi connectivity index (χ0v) is 12.1. The number of nitrogens with one attached hydrogen (secondary N) is 3. The molecule has 0 aromatic carbocycles. The molecule has 0 heterocycles. The fourth-order valence-electron chi connectivity index (χ4n) is 1.53. The largest absolute Gasteiger partial charge is 0.480 e. The van der Waals surface area contributed by atoms with Crippen LogP contribution in [0.4, 0.5) is 4.79 Å². The molecule has 20 heavy (non-hydrogen) atoms. The lowest BCUT2D eigenvalue weighted by Crippen LogP contribution is -2.53. The van der Waals surface area contributed by atoms with Gasteiger partial charge in [0.25, 0.3) is 0 Å². The van der Waals surface area contributed by atoms with Crippen LogP contribution in [0.15, 0.2) is 0 Å². The molecule has 0 aromatic rings. The summed E-state index contributed by atoms with van der Waals surface area (Å²) in [6.45, 7) is 3.73. The number of carboxylic acid groups (broad SMARTS) is 1. The van der Waals surface area contributed by atoms with Gasteiger partial charge in [-0.15, -0.1) is 0 Å². The van der Waals surface area contributed by atoms with Crippen LogP contribution in [0.3, 0.4) is 0 Å². The highest BCUT2D eigenvalue weighted by molar-refractivity contribution is 5.95. The van der Waals surface area contributed by atoms with Crippen LogP contribution in [-0.4, -0.2) is 55.4 Å². The molecule has 116 valence electrons. The van der Waals surface area contributed by atoms with Crippen molar-refractivity contribution in [3.05, 3.63) is 0 Å². The van der Waals surface area contributed by atoms with Crippen molar-refractivity contribution in [3.8, 4) is 0 Å². The van der Waals surface area contributed by atoms with Crippen molar-refractivity contribution in [1.29, 1.82) is 0 Å². The highest BCUT2D eigenvalue weighted by Gasteiger charge is 2.32. The summed E-state index contributed by atoms with van der Waals surface area (Å²) < 4.78 is 4.74. The molecular formula is C12H23N3O5. The Hall–Kier alpha value is -1.67. The molecular weight excluding hydrogens is 266 g/mol. The first-order chi connectivity index (χ1) is 9.35. The third kappa shape index (κ3) is 7.05. The molecule has 0 saturated heterocycles. The number of aliphatic carboxylic acids is 1. The molecule has 0 aliphatic rings. The molecule has 0 aliphatic heterocycles. The normalized spacial score (nSPS) is 13.3. The Morgan fingerprint density at radius 2 is 1.95 bits per heavy atom. The number of methoxy groups -OCH3 is 1. The van der Waals surface area contributed by atoms with Gasteiger partial charge in [-0.05, 0) is 13.3 Å². The predicted octanol–water partition coefficient (Wildman–Crippen LogP) is -0.308. The van der Waals surface area contributed by atoms with Crippen LogP contribution in [0, 0.1) is 0 Å². The maximum Gasteiger partial charge on any atom is 0.323 e. The lowest BCUT2D eigenvalue weighted by Gasteiger charge is -2.25. The fourth-order valence-corrected chi connectivity index (χ4v) is 1.53. The Balaban J connectivity index is 4.14. The Labute approximate surface area is 118 Å². The molecule has 1 unspecified atom stereocenters. The van der Waals surface area contributed by atoms with E-state index in [1.54, 1.807) is 0 Å². The van der Waals surface area contributed by atoms with Gasteiger partial charge in [0, 0.05) is 13.7 Å². The van der Waals surface area contributed by atoms with Crippen molar-refractivity contribution in [1.82, 2.24) is 16.0 Å². The van der Waals surface area contributed by atoms with Crippen LogP contribution >= 0.6 is 0 Å². The van der Waals surface area contributed by atoms with Crippen LogP contribution < -0.4 is 16.0 Å². The van der Waals surface area contributed by atoms with Gasteiger partial charge in [-0.25, -0.2) is 4.79 Å². The molecule has 0 radical (unpaired) electrons. The van der Waals surface area contributed by atoms with E-state index in [0.29, 0.717) is 19.4 Å².